The van der Waals surface area contributed by atoms with Gasteiger partial charge < -0.3 is 35.6 Å². The van der Waals surface area contributed by atoms with E-state index in [4.69, 9.17) is 15.2 Å². The van der Waals surface area contributed by atoms with Crippen molar-refractivity contribution in [3.05, 3.63) is 23.8 Å². The van der Waals surface area contributed by atoms with E-state index >= 15 is 0 Å². The molecule has 6 aliphatic carbocycles. The second-order valence-corrected chi connectivity index (χ2v) is 21.6. The fourth-order valence-electron chi connectivity index (χ4n) is 14.3. The topological polar surface area (TPSA) is 160 Å². The summed E-state index contributed by atoms with van der Waals surface area (Å²) in [4.78, 5) is 26.7. The van der Waals surface area contributed by atoms with Gasteiger partial charge in [-0.1, -0.05) is 85.5 Å². The Morgan fingerprint density at radius 3 is 2.49 bits per heavy atom. The number of hydrogen-bond acceptors (Lipinski definition) is 9. The van der Waals surface area contributed by atoms with Gasteiger partial charge in [-0.2, -0.15) is 0 Å². The molecule has 0 spiro atoms. The van der Waals surface area contributed by atoms with Gasteiger partial charge in [0, 0.05) is 5.92 Å². The number of hydrogen-bond donors (Lipinski definition) is 5. The fourth-order valence-corrected chi connectivity index (χ4v) is 14.3. The molecular formula is C50H83NO8. The van der Waals surface area contributed by atoms with E-state index < -0.39 is 41.5 Å². The van der Waals surface area contributed by atoms with Gasteiger partial charge in [0.2, 0.25) is 0 Å². The third-order valence-corrected chi connectivity index (χ3v) is 17.9. The zero-order chi connectivity index (χ0) is 42.9. The highest BCUT2D eigenvalue weighted by molar-refractivity contribution is 5.72. The van der Waals surface area contributed by atoms with Gasteiger partial charge in [0.15, 0.2) is 0 Å². The van der Waals surface area contributed by atoms with Crippen molar-refractivity contribution in [2.75, 3.05) is 0 Å². The first-order valence-corrected chi connectivity index (χ1v) is 24.2. The van der Waals surface area contributed by atoms with Crippen LogP contribution in [0.3, 0.4) is 0 Å². The minimum Gasteiger partial charge on any atom is -0.461 e. The molecule has 4 saturated carbocycles. The van der Waals surface area contributed by atoms with E-state index in [1.165, 1.54) is 18.4 Å². The third kappa shape index (κ3) is 9.45. The molecule has 6 aliphatic rings. The van der Waals surface area contributed by atoms with Crippen LogP contribution in [0.25, 0.3) is 0 Å². The van der Waals surface area contributed by atoms with E-state index in [0.717, 1.165) is 70.6 Å². The Hall–Kier alpha value is -1.78. The lowest BCUT2D eigenvalue weighted by atomic mass is 9.41. The van der Waals surface area contributed by atoms with Crippen molar-refractivity contribution in [1.82, 2.24) is 0 Å². The molecule has 0 aromatic heterocycles. The number of unbranched alkanes of at least 4 members (excludes halogenated alkanes) is 3. The van der Waals surface area contributed by atoms with E-state index in [1.807, 2.05) is 13.8 Å². The van der Waals surface area contributed by atoms with Crippen LogP contribution in [0.5, 0.6) is 0 Å². The smallest absolute Gasteiger partial charge is 0.308 e. The lowest BCUT2D eigenvalue weighted by molar-refractivity contribution is -0.206. The summed E-state index contributed by atoms with van der Waals surface area (Å²) < 4.78 is 12.5. The van der Waals surface area contributed by atoms with Crippen LogP contribution >= 0.6 is 0 Å². The van der Waals surface area contributed by atoms with Gasteiger partial charge in [0.25, 0.3) is 0 Å². The first-order chi connectivity index (χ1) is 27.9. The highest BCUT2D eigenvalue weighted by Crippen LogP contribution is 2.69. The standard InChI is InChI=1S/C50H83NO8/c1-8-10-11-12-24-49(7,57)42-21-20-39-38-29-43(50(51)30-35(53)22-26-48(50,6)40(38)23-25-47(39,42)5)59-44(55)28-36(54)27-34(52)18-19-37-32(4)16-17-33-14-13-15-41(45(33)37)58-46(56)31(3)9-2/h14,16-17,31-32,34-43,45,52-54,57H,8-13,15,18-30,51H2,1-7H3/t31-,32-,34+,35-,36-,37-,38?,39?,40?,41-,42-,43-,45-,47-,48+,49-,50-/m0/s1. The summed E-state index contributed by atoms with van der Waals surface area (Å²) in [6.45, 7) is 15.1. The van der Waals surface area contributed by atoms with E-state index in [1.54, 1.807) is 0 Å². The van der Waals surface area contributed by atoms with Crippen LogP contribution in [-0.2, 0) is 19.1 Å². The zero-order valence-corrected chi connectivity index (χ0v) is 37.9. The Balaban J connectivity index is 1.09. The molecule has 0 saturated heterocycles. The van der Waals surface area contributed by atoms with Gasteiger partial charge in [-0.15, -0.1) is 0 Å². The van der Waals surface area contributed by atoms with Crippen LogP contribution in [0.2, 0.25) is 0 Å². The summed E-state index contributed by atoms with van der Waals surface area (Å²) >= 11 is 0. The molecule has 59 heavy (non-hydrogen) atoms. The molecule has 0 amide bonds. The van der Waals surface area contributed by atoms with Crippen LogP contribution in [0.4, 0.5) is 0 Å². The normalized spacial score (nSPS) is 41.5. The molecule has 17 atom stereocenters. The van der Waals surface area contributed by atoms with E-state index in [0.29, 0.717) is 49.9 Å². The van der Waals surface area contributed by atoms with Crippen LogP contribution in [0.15, 0.2) is 23.8 Å². The number of carbonyl (C=O) groups is 2. The summed E-state index contributed by atoms with van der Waals surface area (Å²) in [5.74, 6) is 0.983. The number of nitrogens with two attached hydrogens (primary N) is 1. The summed E-state index contributed by atoms with van der Waals surface area (Å²) in [7, 11) is 0. The molecule has 9 heteroatoms. The number of esters is 2. The first-order valence-electron chi connectivity index (χ1n) is 24.2. The average molecular weight is 826 g/mol. The van der Waals surface area contributed by atoms with Gasteiger partial charge in [0.1, 0.15) is 12.2 Å². The molecule has 3 unspecified atom stereocenters. The molecule has 0 heterocycles. The maximum Gasteiger partial charge on any atom is 0.308 e. The Labute approximate surface area is 356 Å². The SMILES string of the molecule is CCCCCC[C@](C)(O)[C@H]1CCC2C3C[C@H](OC(=O)C[C@@H](O)C[C@H](O)CC[C@@H]4[C@@H]5C(=CCC[C@@H]5OC(=O)[C@@H](C)CC)C=C[C@@H]4C)[C@@]4(N)C[C@@H](O)CC[C@]4(C)C3CC[C@@]21C. The van der Waals surface area contributed by atoms with Crippen molar-refractivity contribution in [2.45, 2.75) is 219 Å². The van der Waals surface area contributed by atoms with Crippen molar-refractivity contribution < 1.29 is 39.5 Å². The largest absolute Gasteiger partial charge is 0.461 e. The molecule has 336 valence electrons. The lowest BCUT2D eigenvalue weighted by Crippen LogP contribution is -2.73. The summed E-state index contributed by atoms with van der Waals surface area (Å²) in [6.07, 6.45) is 18.9. The molecule has 4 fully saturated rings. The first kappa shape index (κ1) is 46.7. The minimum atomic E-state index is -1.07. The molecule has 0 aromatic carbocycles. The summed E-state index contributed by atoms with van der Waals surface area (Å²) in [6, 6.07) is 0. The third-order valence-electron chi connectivity index (χ3n) is 17.9. The molecule has 0 radical (unpaired) electrons. The van der Waals surface area contributed by atoms with Gasteiger partial charge in [-0.05, 0) is 155 Å². The molecule has 0 bridgehead atoms. The van der Waals surface area contributed by atoms with Crippen LogP contribution in [0.1, 0.15) is 177 Å². The van der Waals surface area contributed by atoms with Crippen LogP contribution in [-0.4, -0.2) is 74.0 Å². The summed E-state index contributed by atoms with van der Waals surface area (Å²) in [5.41, 5.74) is 6.74. The van der Waals surface area contributed by atoms with E-state index in [9.17, 15) is 30.0 Å². The highest BCUT2D eigenvalue weighted by atomic mass is 16.5. The van der Waals surface area contributed by atoms with Gasteiger partial charge in [0.05, 0.1) is 41.8 Å². The van der Waals surface area contributed by atoms with Crippen LogP contribution < -0.4 is 5.73 Å². The average Bonchev–Trinajstić information content (AvgIpc) is 3.55. The van der Waals surface area contributed by atoms with Crippen molar-refractivity contribution in [3.63, 3.8) is 0 Å². The summed E-state index contributed by atoms with van der Waals surface area (Å²) in [5, 5.41) is 45.4. The fraction of sp³-hybridized carbons (Fsp3) is 0.880. The number of ether oxygens (including phenoxy) is 2. The second-order valence-electron chi connectivity index (χ2n) is 21.6. The number of rotatable bonds is 17. The van der Waals surface area contributed by atoms with Gasteiger partial charge >= 0.3 is 11.9 Å². The Bertz CT molecular complexity index is 1510. The number of carbonyl (C=O) groups excluding carboxylic acids is 2. The number of aliphatic hydroxyl groups is 4. The molecule has 6 N–H and O–H groups in total. The number of aliphatic hydroxyl groups excluding tert-OH is 3. The lowest BCUT2D eigenvalue weighted by Gasteiger charge is -2.66. The predicted octanol–water partition coefficient (Wildman–Crippen LogP) is 8.73. The van der Waals surface area contributed by atoms with Crippen molar-refractivity contribution in [1.29, 1.82) is 0 Å². The zero-order valence-electron chi connectivity index (χ0n) is 37.9. The molecule has 0 aliphatic heterocycles. The minimum absolute atomic E-state index is 0.00497. The van der Waals surface area contributed by atoms with Crippen molar-refractivity contribution in [3.8, 4) is 0 Å². The monoisotopic (exact) mass is 826 g/mol. The second kappa shape index (κ2) is 18.9. The Morgan fingerprint density at radius 1 is 1.00 bits per heavy atom. The Kier molecular flexibility index (Phi) is 15.0. The number of fused-ring (bicyclic) bond motifs is 6. The molecule has 0 aromatic rings. The van der Waals surface area contributed by atoms with E-state index in [-0.39, 0.29) is 65.3 Å². The maximum absolute atomic E-state index is 13.8. The predicted molar refractivity (Wildman–Crippen MR) is 232 cm³/mol. The molecular weight excluding hydrogens is 743 g/mol. The highest BCUT2D eigenvalue weighted by Gasteiger charge is 2.68. The van der Waals surface area contributed by atoms with Gasteiger partial charge in [-0.25, -0.2) is 0 Å². The molecule has 6 rings (SSSR count). The van der Waals surface area contributed by atoms with Crippen molar-refractivity contribution >= 4 is 11.9 Å². The van der Waals surface area contributed by atoms with Crippen LogP contribution in [0, 0.1) is 58.2 Å². The quantitative estimate of drug-likeness (QED) is 0.0714. The van der Waals surface area contributed by atoms with Crippen molar-refractivity contribution in [2.24, 2.45) is 63.9 Å². The van der Waals surface area contributed by atoms with E-state index in [2.05, 4.69) is 52.8 Å². The Morgan fingerprint density at radius 2 is 1.76 bits per heavy atom. The van der Waals surface area contributed by atoms with Gasteiger partial charge in [-0.3, -0.25) is 9.59 Å². The maximum atomic E-state index is 13.8. The number of allylic oxidation sites excluding steroid dienone is 3. The molecule has 9 nitrogen and oxygen atoms in total.